The topological polar surface area (TPSA) is 88.8 Å². The molecule has 7 nitrogen and oxygen atoms in total. The maximum atomic E-state index is 9.53. The molecular weight excluding hydrogens is 442 g/mol. The number of benzene rings is 3. The molecule has 1 fully saturated rings. The fourth-order valence-electron chi connectivity index (χ4n) is 4.55. The van der Waals surface area contributed by atoms with Gasteiger partial charge in [0, 0.05) is 25.1 Å². The standard InChI is InChI=1S/C28H31N3O4/c32-15-6-16-34-26-17-20(11-13-23(26)21-7-2-1-3-8-21)18-29-28-30-24-9-4-5-10-25(24)31(28)27-14-12-22(19-33)35-27/h1-5,7-11,13,17,22,27,32-33H,6,12,14-16,18-19H2,(H,29,30)/t22-,27+/m0/s1. The minimum Gasteiger partial charge on any atom is -0.493 e. The molecule has 1 aromatic heterocycles. The monoisotopic (exact) mass is 473 g/mol. The summed E-state index contributed by atoms with van der Waals surface area (Å²) in [5.74, 6) is 1.53. The van der Waals surface area contributed by atoms with Gasteiger partial charge in [0.15, 0.2) is 0 Å². The number of nitrogens with one attached hydrogen (secondary N) is 1. The van der Waals surface area contributed by atoms with Crippen LogP contribution < -0.4 is 10.1 Å². The Kier molecular flexibility index (Phi) is 7.28. The minimum absolute atomic E-state index is 0.0265. The van der Waals surface area contributed by atoms with E-state index in [-0.39, 0.29) is 25.5 Å². The van der Waals surface area contributed by atoms with Crippen LogP contribution in [0, 0.1) is 0 Å². The lowest BCUT2D eigenvalue weighted by Crippen LogP contribution is -2.16. The third-order valence-corrected chi connectivity index (χ3v) is 6.31. The van der Waals surface area contributed by atoms with Crippen LogP contribution in [-0.2, 0) is 11.3 Å². The van der Waals surface area contributed by atoms with Gasteiger partial charge in [0.2, 0.25) is 5.95 Å². The van der Waals surface area contributed by atoms with E-state index < -0.39 is 0 Å². The highest BCUT2D eigenvalue weighted by molar-refractivity contribution is 5.79. The van der Waals surface area contributed by atoms with Gasteiger partial charge in [-0.1, -0.05) is 54.6 Å². The van der Waals surface area contributed by atoms with Crippen LogP contribution in [0.25, 0.3) is 22.2 Å². The fourth-order valence-corrected chi connectivity index (χ4v) is 4.55. The first-order valence-electron chi connectivity index (χ1n) is 12.2. The molecule has 7 heteroatoms. The van der Waals surface area contributed by atoms with E-state index in [0.29, 0.717) is 19.6 Å². The van der Waals surface area contributed by atoms with Crippen LogP contribution in [-0.4, -0.2) is 45.7 Å². The van der Waals surface area contributed by atoms with Crippen LogP contribution in [0.4, 0.5) is 5.95 Å². The number of hydrogen-bond donors (Lipinski definition) is 3. The van der Waals surface area contributed by atoms with Crippen molar-refractivity contribution in [3.05, 3.63) is 78.4 Å². The Hall–Kier alpha value is -3.39. The zero-order valence-electron chi connectivity index (χ0n) is 19.6. The average Bonchev–Trinajstić information content (AvgIpc) is 3.52. The molecule has 5 rings (SSSR count). The van der Waals surface area contributed by atoms with Crippen molar-refractivity contribution in [3.63, 3.8) is 0 Å². The highest BCUT2D eigenvalue weighted by Gasteiger charge is 2.29. The molecule has 0 bridgehead atoms. The Bertz CT molecular complexity index is 1260. The van der Waals surface area contributed by atoms with Crippen molar-refractivity contribution in [3.8, 4) is 16.9 Å². The molecule has 0 radical (unpaired) electrons. The van der Waals surface area contributed by atoms with Crippen LogP contribution >= 0.6 is 0 Å². The summed E-state index contributed by atoms with van der Waals surface area (Å²) < 4.78 is 14.2. The maximum Gasteiger partial charge on any atom is 0.206 e. The molecule has 3 N–H and O–H groups in total. The fraction of sp³-hybridized carbons (Fsp3) is 0.321. The summed E-state index contributed by atoms with van der Waals surface area (Å²) in [7, 11) is 0. The van der Waals surface area contributed by atoms with Crippen molar-refractivity contribution in [2.45, 2.75) is 38.1 Å². The largest absolute Gasteiger partial charge is 0.493 e. The first-order valence-corrected chi connectivity index (χ1v) is 12.2. The minimum atomic E-state index is -0.167. The number of nitrogens with zero attached hydrogens (tertiary/aromatic N) is 2. The number of rotatable bonds is 10. The Morgan fingerprint density at radius 2 is 1.83 bits per heavy atom. The average molecular weight is 474 g/mol. The normalized spacial score (nSPS) is 17.7. The van der Waals surface area contributed by atoms with E-state index in [0.717, 1.165) is 52.3 Å². The van der Waals surface area contributed by atoms with Gasteiger partial charge in [-0.3, -0.25) is 4.57 Å². The van der Waals surface area contributed by atoms with Crippen LogP contribution in [0.15, 0.2) is 72.8 Å². The van der Waals surface area contributed by atoms with Crippen LogP contribution in [0.3, 0.4) is 0 Å². The SMILES string of the molecule is OCCCOc1cc(CNc2nc3ccccc3n2[C@H]2CC[C@@H](CO)O2)ccc1-c1ccccc1. The van der Waals surface area contributed by atoms with Gasteiger partial charge < -0.3 is 25.0 Å². The Balaban J connectivity index is 1.40. The van der Waals surface area contributed by atoms with Gasteiger partial charge in [-0.2, -0.15) is 0 Å². The second-order valence-corrected chi connectivity index (χ2v) is 8.74. The number of aromatic nitrogens is 2. The van der Waals surface area contributed by atoms with E-state index in [9.17, 15) is 10.2 Å². The summed E-state index contributed by atoms with van der Waals surface area (Å²) in [5, 5.41) is 22.2. The molecule has 4 aromatic rings. The van der Waals surface area contributed by atoms with Gasteiger partial charge in [0.25, 0.3) is 0 Å². The zero-order valence-corrected chi connectivity index (χ0v) is 19.6. The molecule has 0 spiro atoms. The lowest BCUT2D eigenvalue weighted by atomic mass is 10.0. The van der Waals surface area contributed by atoms with Gasteiger partial charge in [-0.15, -0.1) is 0 Å². The van der Waals surface area contributed by atoms with Crippen LogP contribution in [0.1, 0.15) is 31.1 Å². The molecule has 0 amide bonds. The number of hydrogen-bond acceptors (Lipinski definition) is 6. The number of fused-ring (bicyclic) bond motifs is 1. The molecular formula is C28H31N3O4. The molecule has 1 aliphatic heterocycles. The van der Waals surface area contributed by atoms with Gasteiger partial charge in [-0.25, -0.2) is 4.98 Å². The number of aliphatic hydroxyl groups is 2. The van der Waals surface area contributed by atoms with E-state index in [2.05, 4.69) is 34.1 Å². The zero-order chi connectivity index (χ0) is 24.0. The van der Waals surface area contributed by atoms with Crippen LogP contribution in [0.2, 0.25) is 0 Å². The quantitative estimate of drug-likeness (QED) is 0.288. The van der Waals surface area contributed by atoms with E-state index in [1.165, 1.54) is 0 Å². The van der Waals surface area contributed by atoms with E-state index in [4.69, 9.17) is 14.5 Å². The van der Waals surface area contributed by atoms with Crippen molar-refractivity contribution < 1.29 is 19.7 Å². The van der Waals surface area contributed by atoms with Crippen molar-refractivity contribution in [2.24, 2.45) is 0 Å². The van der Waals surface area contributed by atoms with Gasteiger partial charge in [-0.05, 0) is 42.2 Å². The second-order valence-electron chi connectivity index (χ2n) is 8.74. The number of aliphatic hydroxyl groups excluding tert-OH is 2. The Morgan fingerprint density at radius 3 is 2.63 bits per heavy atom. The molecule has 0 saturated carbocycles. The number of para-hydroxylation sites is 2. The predicted molar refractivity (Wildman–Crippen MR) is 136 cm³/mol. The molecule has 3 aromatic carbocycles. The molecule has 2 heterocycles. The first-order chi connectivity index (χ1) is 17.3. The molecule has 1 saturated heterocycles. The Labute approximate surface area is 205 Å². The maximum absolute atomic E-state index is 9.53. The highest BCUT2D eigenvalue weighted by atomic mass is 16.5. The Morgan fingerprint density at radius 1 is 1.00 bits per heavy atom. The molecule has 2 atom stereocenters. The van der Waals surface area contributed by atoms with Gasteiger partial charge in [0.05, 0.1) is 30.4 Å². The number of ether oxygens (including phenoxy) is 2. The lowest BCUT2D eigenvalue weighted by molar-refractivity contribution is -0.0195. The van der Waals surface area contributed by atoms with Crippen LogP contribution in [0.5, 0.6) is 5.75 Å². The first kappa shape index (κ1) is 23.4. The summed E-state index contributed by atoms with van der Waals surface area (Å²) in [6, 6.07) is 24.4. The smallest absolute Gasteiger partial charge is 0.206 e. The van der Waals surface area contributed by atoms with Crippen molar-refractivity contribution >= 4 is 17.0 Å². The van der Waals surface area contributed by atoms with E-state index in [1.54, 1.807) is 0 Å². The summed E-state index contributed by atoms with van der Waals surface area (Å²) in [4.78, 5) is 4.82. The second kappa shape index (κ2) is 10.9. The van der Waals surface area contributed by atoms with Gasteiger partial charge >= 0.3 is 0 Å². The molecule has 1 aliphatic rings. The lowest BCUT2D eigenvalue weighted by Gasteiger charge is -2.18. The molecule has 35 heavy (non-hydrogen) atoms. The van der Waals surface area contributed by atoms with E-state index >= 15 is 0 Å². The van der Waals surface area contributed by atoms with Gasteiger partial charge in [0.1, 0.15) is 12.0 Å². The predicted octanol–water partition coefficient (Wildman–Crippen LogP) is 4.75. The summed E-state index contributed by atoms with van der Waals surface area (Å²) >= 11 is 0. The summed E-state index contributed by atoms with van der Waals surface area (Å²) in [5.41, 5.74) is 5.07. The molecule has 0 unspecified atom stereocenters. The molecule has 182 valence electrons. The number of imidazole rings is 1. The van der Waals surface area contributed by atoms with Crippen molar-refractivity contribution in [1.82, 2.24) is 9.55 Å². The highest BCUT2D eigenvalue weighted by Crippen LogP contribution is 2.35. The summed E-state index contributed by atoms with van der Waals surface area (Å²) in [6.45, 7) is 1.14. The third-order valence-electron chi connectivity index (χ3n) is 6.31. The number of anilines is 1. The molecule has 0 aliphatic carbocycles. The van der Waals surface area contributed by atoms with E-state index in [1.807, 2.05) is 48.5 Å². The summed E-state index contributed by atoms with van der Waals surface area (Å²) in [6.07, 6.45) is 1.92. The third kappa shape index (κ3) is 5.17. The van der Waals surface area contributed by atoms with Crippen molar-refractivity contribution in [1.29, 1.82) is 0 Å². The van der Waals surface area contributed by atoms with Crippen molar-refractivity contribution in [2.75, 3.05) is 25.1 Å².